The standard InChI is InChI=1S/C20H25NO4S/c1-3-24-17-7-9-19(10-8-17)26-15-20(22)21-14-16-5-4-6-18(13-16)25-12-11-23-2/h4-10,13H,3,11-12,14-15H2,1-2H3,(H,21,22). The predicted molar refractivity (Wildman–Crippen MR) is 104 cm³/mol. The Bertz CT molecular complexity index is 676. The molecule has 140 valence electrons. The average molecular weight is 375 g/mol. The fourth-order valence-electron chi connectivity index (χ4n) is 2.19. The van der Waals surface area contributed by atoms with E-state index in [0.29, 0.717) is 32.1 Å². The summed E-state index contributed by atoms with van der Waals surface area (Å²) in [5.74, 6) is 1.99. The van der Waals surface area contributed by atoms with Crippen molar-refractivity contribution in [1.29, 1.82) is 0 Å². The van der Waals surface area contributed by atoms with Crippen molar-refractivity contribution in [2.75, 3.05) is 32.7 Å². The summed E-state index contributed by atoms with van der Waals surface area (Å²) in [6.07, 6.45) is 0. The van der Waals surface area contributed by atoms with Gasteiger partial charge in [0.2, 0.25) is 5.91 Å². The monoisotopic (exact) mass is 375 g/mol. The van der Waals surface area contributed by atoms with Crippen molar-refractivity contribution in [3.8, 4) is 11.5 Å². The number of carbonyl (C=O) groups excluding carboxylic acids is 1. The van der Waals surface area contributed by atoms with Gasteiger partial charge in [0.15, 0.2) is 0 Å². The molecule has 0 aliphatic heterocycles. The summed E-state index contributed by atoms with van der Waals surface area (Å²) in [5, 5.41) is 2.93. The first-order valence-corrected chi connectivity index (χ1v) is 9.53. The summed E-state index contributed by atoms with van der Waals surface area (Å²) >= 11 is 1.50. The summed E-state index contributed by atoms with van der Waals surface area (Å²) in [5.41, 5.74) is 0.999. The summed E-state index contributed by atoms with van der Waals surface area (Å²) in [6.45, 7) is 4.13. The van der Waals surface area contributed by atoms with Crippen molar-refractivity contribution in [3.63, 3.8) is 0 Å². The van der Waals surface area contributed by atoms with Crippen molar-refractivity contribution in [2.24, 2.45) is 0 Å². The molecule has 2 aromatic rings. The number of hydrogen-bond acceptors (Lipinski definition) is 5. The SMILES string of the molecule is CCOc1ccc(SCC(=O)NCc2cccc(OCCOC)c2)cc1. The molecule has 1 N–H and O–H groups in total. The molecule has 0 aromatic heterocycles. The number of rotatable bonds is 11. The van der Waals surface area contributed by atoms with E-state index in [-0.39, 0.29) is 5.91 Å². The van der Waals surface area contributed by atoms with Crippen molar-refractivity contribution in [3.05, 3.63) is 54.1 Å². The molecule has 0 atom stereocenters. The van der Waals surface area contributed by atoms with E-state index in [2.05, 4.69) is 5.32 Å². The number of ether oxygens (including phenoxy) is 3. The van der Waals surface area contributed by atoms with Gasteiger partial charge in [-0.05, 0) is 48.9 Å². The van der Waals surface area contributed by atoms with E-state index in [9.17, 15) is 4.79 Å². The van der Waals surface area contributed by atoms with Crippen LogP contribution in [0.25, 0.3) is 0 Å². The molecule has 2 aromatic carbocycles. The molecule has 0 fully saturated rings. The van der Waals surface area contributed by atoms with Crippen molar-refractivity contribution < 1.29 is 19.0 Å². The molecule has 0 aliphatic carbocycles. The molecule has 0 unspecified atom stereocenters. The van der Waals surface area contributed by atoms with E-state index >= 15 is 0 Å². The molecular formula is C20H25NO4S. The third-order valence-electron chi connectivity index (χ3n) is 3.45. The van der Waals surface area contributed by atoms with Crippen molar-refractivity contribution in [2.45, 2.75) is 18.4 Å². The minimum Gasteiger partial charge on any atom is -0.494 e. The van der Waals surface area contributed by atoms with Gasteiger partial charge in [-0.2, -0.15) is 0 Å². The van der Waals surface area contributed by atoms with E-state index in [1.807, 2.05) is 55.5 Å². The van der Waals surface area contributed by atoms with Crippen LogP contribution in [0.4, 0.5) is 0 Å². The Balaban J connectivity index is 1.73. The molecule has 0 saturated carbocycles. The first-order valence-electron chi connectivity index (χ1n) is 8.54. The van der Waals surface area contributed by atoms with E-state index in [1.165, 1.54) is 11.8 Å². The third kappa shape index (κ3) is 7.37. The van der Waals surface area contributed by atoms with Gasteiger partial charge >= 0.3 is 0 Å². The first kappa shape index (κ1) is 20.1. The molecule has 6 heteroatoms. The van der Waals surface area contributed by atoms with Crippen LogP contribution in [0, 0.1) is 0 Å². The van der Waals surface area contributed by atoms with Crippen LogP contribution in [0.2, 0.25) is 0 Å². The lowest BCUT2D eigenvalue weighted by Crippen LogP contribution is -2.24. The largest absolute Gasteiger partial charge is 0.494 e. The molecule has 0 saturated heterocycles. The fraction of sp³-hybridized carbons (Fsp3) is 0.350. The van der Waals surface area contributed by atoms with Crippen molar-refractivity contribution >= 4 is 17.7 Å². The number of methoxy groups -OCH3 is 1. The van der Waals surface area contributed by atoms with Gasteiger partial charge in [0.1, 0.15) is 18.1 Å². The quantitative estimate of drug-likeness (QED) is 0.481. The molecule has 0 radical (unpaired) electrons. The highest BCUT2D eigenvalue weighted by atomic mass is 32.2. The number of amides is 1. The molecule has 0 spiro atoms. The van der Waals surface area contributed by atoms with E-state index in [1.54, 1.807) is 7.11 Å². The number of benzene rings is 2. The van der Waals surface area contributed by atoms with Gasteiger partial charge in [-0.15, -0.1) is 11.8 Å². The maximum Gasteiger partial charge on any atom is 0.230 e. The lowest BCUT2D eigenvalue weighted by Gasteiger charge is -2.09. The van der Waals surface area contributed by atoms with Gasteiger partial charge in [0, 0.05) is 18.6 Å². The van der Waals surface area contributed by atoms with E-state index in [0.717, 1.165) is 22.0 Å². The lowest BCUT2D eigenvalue weighted by atomic mass is 10.2. The molecule has 0 aliphatic rings. The van der Waals surface area contributed by atoms with Crippen LogP contribution >= 0.6 is 11.8 Å². The molecule has 26 heavy (non-hydrogen) atoms. The van der Waals surface area contributed by atoms with Crippen LogP contribution in [0.3, 0.4) is 0 Å². The Labute approximate surface area is 159 Å². The second-order valence-electron chi connectivity index (χ2n) is 5.46. The third-order valence-corrected chi connectivity index (χ3v) is 4.46. The summed E-state index contributed by atoms with van der Waals surface area (Å²) in [4.78, 5) is 13.1. The molecule has 2 rings (SSSR count). The van der Waals surface area contributed by atoms with Gasteiger partial charge < -0.3 is 19.5 Å². The first-order chi connectivity index (χ1) is 12.7. The van der Waals surface area contributed by atoms with E-state index in [4.69, 9.17) is 14.2 Å². The van der Waals surface area contributed by atoms with Gasteiger partial charge in [-0.3, -0.25) is 4.79 Å². The minimum atomic E-state index is -0.00501. The fourth-order valence-corrected chi connectivity index (χ4v) is 2.92. The van der Waals surface area contributed by atoms with Gasteiger partial charge in [0.05, 0.1) is 19.0 Å². The normalized spacial score (nSPS) is 10.4. The Morgan fingerprint density at radius 3 is 2.58 bits per heavy atom. The summed E-state index contributed by atoms with van der Waals surface area (Å²) in [6, 6.07) is 15.4. The molecule has 0 heterocycles. The Morgan fingerprint density at radius 1 is 1.04 bits per heavy atom. The Kier molecular flexibility index (Phi) is 8.86. The van der Waals surface area contributed by atoms with Crippen LogP contribution in [0.15, 0.2) is 53.4 Å². The summed E-state index contributed by atoms with van der Waals surface area (Å²) in [7, 11) is 1.64. The Hall–Kier alpha value is -2.18. The van der Waals surface area contributed by atoms with Gasteiger partial charge in [0.25, 0.3) is 0 Å². The van der Waals surface area contributed by atoms with Gasteiger partial charge in [-0.25, -0.2) is 0 Å². The second-order valence-corrected chi connectivity index (χ2v) is 6.51. The highest BCUT2D eigenvalue weighted by Gasteiger charge is 2.04. The molecule has 1 amide bonds. The number of hydrogen-bond donors (Lipinski definition) is 1. The summed E-state index contributed by atoms with van der Waals surface area (Å²) < 4.78 is 15.9. The van der Waals surface area contributed by atoms with Crippen LogP contribution in [-0.2, 0) is 16.1 Å². The zero-order valence-electron chi connectivity index (χ0n) is 15.2. The smallest absolute Gasteiger partial charge is 0.230 e. The maximum absolute atomic E-state index is 12.1. The zero-order chi connectivity index (χ0) is 18.6. The number of thioether (sulfide) groups is 1. The average Bonchev–Trinajstić information content (AvgIpc) is 2.67. The lowest BCUT2D eigenvalue weighted by molar-refractivity contribution is -0.118. The zero-order valence-corrected chi connectivity index (χ0v) is 16.0. The predicted octanol–water partition coefficient (Wildman–Crippen LogP) is 3.52. The molecule has 0 bridgehead atoms. The maximum atomic E-state index is 12.1. The van der Waals surface area contributed by atoms with Crippen LogP contribution < -0.4 is 14.8 Å². The molecule has 5 nitrogen and oxygen atoms in total. The van der Waals surface area contributed by atoms with Crippen LogP contribution in [-0.4, -0.2) is 38.6 Å². The second kappa shape index (κ2) is 11.4. The minimum absolute atomic E-state index is 0.00501. The van der Waals surface area contributed by atoms with Gasteiger partial charge in [-0.1, -0.05) is 12.1 Å². The number of carbonyl (C=O) groups is 1. The highest BCUT2D eigenvalue weighted by molar-refractivity contribution is 8.00. The van der Waals surface area contributed by atoms with Crippen LogP contribution in [0.1, 0.15) is 12.5 Å². The highest BCUT2D eigenvalue weighted by Crippen LogP contribution is 2.21. The van der Waals surface area contributed by atoms with Crippen LogP contribution in [0.5, 0.6) is 11.5 Å². The molecular weight excluding hydrogens is 350 g/mol. The van der Waals surface area contributed by atoms with E-state index < -0.39 is 0 Å². The Morgan fingerprint density at radius 2 is 1.85 bits per heavy atom. The number of nitrogens with one attached hydrogen (secondary N) is 1. The topological polar surface area (TPSA) is 56.8 Å². The van der Waals surface area contributed by atoms with Crippen molar-refractivity contribution in [1.82, 2.24) is 5.32 Å².